The Bertz CT molecular complexity index is 575. The van der Waals surface area contributed by atoms with Gasteiger partial charge in [0.25, 0.3) is 0 Å². The molecule has 0 bridgehead atoms. The Morgan fingerprint density at radius 2 is 2.23 bits per heavy atom. The number of hydrogen-bond donors (Lipinski definition) is 2. The number of rotatable bonds is 7. The molecule has 22 heavy (non-hydrogen) atoms. The second kappa shape index (κ2) is 9.34. The van der Waals surface area contributed by atoms with Gasteiger partial charge in [-0.05, 0) is 37.0 Å². The van der Waals surface area contributed by atoms with E-state index in [0.717, 1.165) is 5.56 Å². The fourth-order valence-corrected chi connectivity index (χ4v) is 2.06. The van der Waals surface area contributed by atoms with Crippen LogP contribution in [0.1, 0.15) is 37.3 Å². The molecule has 120 valence electrons. The van der Waals surface area contributed by atoms with Crippen LogP contribution in [-0.4, -0.2) is 24.2 Å². The second-order valence-electron chi connectivity index (χ2n) is 5.32. The van der Waals surface area contributed by atoms with Crippen LogP contribution in [-0.2, 0) is 4.79 Å². The van der Waals surface area contributed by atoms with Crippen LogP contribution in [0.2, 0.25) is 5.02 Å². The lowest BCUT2D eigenvalue weighted by Gasteiger charge is -2.14. The van der Waals surface area contributed by atoms with Crippen molar-refractivity contribution >= 4 is 17.5 Å². The van der Waals surface area contributed by atoms with Crippen LogP contribution < -0.4 is 10.5 Å². The van der Waals surface area contributed by atoms with Crippen molar-refractivity contribution in [3.63, 3.8) is 0 Å². The van der Waals surface area contributed by atoms with Crippen LogP contribution in [0.15, 0.2) is 12.1 Å². The molecule has 0 fully saturated rings. The zero-order valence-corrected chi connectivity index (χ0v) is 13.7. The number of benzene rings is 1. The minimum atomic E-state index is -0.304. The number of carbonyl (C=O) groups is 1. The van der Waals surface area contributed by atoms with Crippen LogP contribution in [0.4, 0.5) is 0 Å². The summed E-state index contributed by atoms with van der Waals surface area (Å²) >= 11 is 6.31. The maximum absolute atomic E-state index is 10.8. The number of amides is 1. The number of halogens is 1. The highest BCUT2D eigenvalue weighted by Gasteiger charge is 2.10. The minimum Gasteiger partial charge on any atom is -0.492 e. The SMILES string of the molecule is Cc1cc(C#CCCO)c(Cl)c(OC[C@@H](C)CCC(N)=O)c1. The zero-order valence-electron chi connectivity index (χ0n) is 13.0. The number of aliphatic hydroxyl groups is 1. The molecule has 3 N–H and O–H groups in total. The van der Waals surface area contributed by atoms with Gasteiger partial charge in [0.05, 0.1) is 18.2 Å². The van der Waals surface area contributed by atoms with Crippen LogP contribution in [0.25, 0.3) is 0 Å². The third-order valence-corrected chi connectivity index (χ3v) is 3.44. The van der Waals surface area contributed by atoms with Crippen molar-refractivity contribution < 1.29 is 14.6 Å². The first-order valence-corrected chi connectivity index (χ1v) is 7.62. The van der Waals surface area contributed by atoms with Crippen LogP contribution >= 0.6 is 11.6 Å². The fraction of sp³-hybridized carbons (Fsp3) is 0.471. The van der Waals surface area contributed by atoms with E-state index >= 15 is 0 Å². The molecule has 1 amide bonds. The van der Waals surface area contributed by atoms with Gasteiger partial charge in [0.15, 0.2) is 0 Å². The van der Waals surface area contributed by atoms with Crippen molar-refractivity contribution in [1.82, 2.24) is 0 Å². The summed E-state index contributed by atoms with van der Waals surface area (Å²) in [5.74, 6) is 6.27. The standard InChI is InChI=1S/C17H22ClNO3/c1-12(6-7-16(19)21)11-22-15-10-13(2)9-14(17(15)18)5-3-4-8-20/h9-10,12,20H,4,6-8,11H2,1-2H3,(H2,19,21)/t12-/m0/s1. The van der Waals surface area contributed by atoms with Gasteiger partial charge in [-0.2, -0.15) is 0 Å². The largest absolute Gasteiger partial charge is 0.492 e. The Balaban J connectivity index is 2.74. The lowest BCUT2D eigenvalue weighted by Crippen LogP contribution is -2.15. The van der Waals surface area contributed by atoms with E-state index in [-0.39, 0.29) is 18.4 Å². The van der Waals surface area contributed by atoms with Gasteiger partial charge in [-0.1, -0.05) is 30.4 Å². The molecular formula is C17H22ClNO3. The monoisotopic (exact) mass is 323 g/mol. The molecule has 0 aliphatic heterocycles. The Morgan fingerprint density at radius 1 is 1.50 bits per heavy atom. The molecule has 0 spiro atoms. The molecule has 1 rings (SSSR count). The second-order valence-corrected chi connectivity index (χ2v) is 5.70. The summed E-state index contributed by atoms with van der Waals surface area (Å²) in [4.78, 5) is 10.8. The molecule has 1 atom stereocenters. The van der Waals surface area contributed by atoms with Crippen molar-refractivity contribution in [2.75, 3.05) is 13.2 Å². The summed E-state index contributed by atoms with van der Waals surface area (Å²) in [7, 11) is 0. The molecule has 1 aromatic rings. The van der Waals surface area contributed by atoms with Crippen LogP contribution in [0.5, 0.6) is 5.75 Å². The molecule has 0 aliphatic rings. The normalized spacial score (nSPS) is 11.5. The van der Waals surface area contributed by atoms with E-state index in [1.807, 2.05) is 26.0 Å². The quantitative estimate of drug-likeness (QED) is 0.758. The lowest BCUT2D eigenvalue weighted by atomic mass is 10.1. The fourth-order valence-electron chi connectivity index (χ4n) is 1.85. The number of nitrogens with two attached hydrogens (primary N) is 1. The smallest absolute Gasteiger partial charge is 0.217 e. The average Bonchev–Trinajstić information content (AvgIpc) is 2.46. The van der Waals surface area contributed by atoms with E-state index in [4.69, 9.17) is 27.2 Å². The number of primary amides is 1. The molecule has 4 nitrogen and oxygen atoms in total. The molecule has 0 heterocycles. The van der Waals surface area contributed by atoms with E-state index < -0.39 is 0 Å². The molecule has 0 unspecified atom stereocenters. The number of hydrogen-bond acceptors (Lipinski definition) is 3. The molecule has 0 saturated carbocycles. The Kier molecular flexibility index (Phi) is 7.79. The summed E-state index contributed by atoms with van der Waals surface area (Å²) in [5, 5.41) is 9.24. The predicted molar refractivity (Wildman–Crippen MR) is 87.9 cm³/mol. The summed E-state index contributed by atoms with van der Waals surface area (Å²) in [6, 6.07) is 3.75. The van der Waals surface area contributed by atoms with Gasteiger partial charge < -0.3 is 15.6 Å². The van der Waals surface area contributed by atoms with E-state index in [0.29, 0.717) is 42.2 Å². The Labute approximate surface area is 136 Å². The van der Waals surface area contributed by atoms with Crippen molar-refractivity contribution in [2.45, 2.75) is 33.1 Å². The van der Waals surface area contributed by atoms with Crippen molar-refractivity contribution in [3.05, 3.63) is 28.3 Å². The highest BCUT2D eigenvalue weighted by atomic mass is 35.5. The Hall–Kier alpha value is -1.70. The van der Waals surface area contributed by atoms with E-state index in [1.165, 1.54) is 0 Å². The van der Waals surface area contributed by atoms with Gasteiger partial charge >= 0.3 is 0 Å². The van der Waals surface area contributed by atoms with Crippen LogP contribution in [0, 0.1) is 24.7 Å². The molecular weight excluding hydrogens is 302 g/mol. The van der Waals surface area contributed by atoms with Gasteiger partial charge in [-0.3, -0.25) is 4.79 Å². The number of aryl methyl sites for hydroxylation is 1. The first-order valence-electron chi connectivity index (χ1n) is 7.25. The molecule has 0 aromatic heterocycles. The highest BCUT2D eigenvalue weighted by molar-refractivity contribution is 6.33. The van der Waals surface area contributed by atoms with Gasteiger partial charge in [0.1, 0.15) is 5.75 Å². The van der Waals surface area contributed by atoms with Gasteiger partial charge in [-0.25, -0.2) is 0 Å². The summed E-state index contributed by atoms with van der Waals surface area (Å²) in [6.45, 7) is 4.42. The van der Waals surface area contributed by atoms with Gasteiger partial charge in [0, 0.05) is 18.4 Å². The van der Waals surface area contributed by atoms with Crippen molar-refractivity contribution in [2.24, 2.45) is 11.7 Å². The molecule has 0 saturated heterocycles. The first kappa shape index (κ1) is 18.3. The summed E-state index contributed by atoms with van der Waals surface area (Å²) in [6.07, 6.45) is 1.44. The Morgan fingerprint density at radius 3 is 2.86 bits per heavy atom. The van der Waals surface area contributed by atoms with E-state index in [1.54, 1.807) is 0 Å². The third-order valence-electron chi connectivity index (χ3n) is 3.05. The van der Waals surface area contributed by atoms with Crippen molar-refractivity contribution in [1.29, 1.82) is 0 Å². The average molecular weight is 324 g/mol. The van der Waals surface area contributed by atoms with Crippen LogP contribution in [0.3, 0.4) is 0 Å². The van der Waals surface area contributed by atoms with E-state index in [2.05, 4.69) is 11.8 Å². The number of ether oxygens (including phenoxy) is 1. The number of carbonyl (C=O) groups excluding carboxylic acids is 1. The third kappa shape index (κ3) is 6.38. The summed E-state index contributed by atoms with van der Waals surface area (Å²) in [5.41, 5.74) is 6.82. The molecule has 0 aliphatic carbocycles. The zero-order chi connectivity index (χ0) is 16.5. The molecule has 1 aromatic carbocycles. The van der Waals surface area contributed by atoms with Crippen molar-refractivity contribution in [3.8, 4) is 17.6 Å². The van der Waals surface area contributed by atoms with E-state index in [9.17, 15) is 4.79 Å². The first-order chi connectivity index (χ1) is 10.4. The maximum Gasteiger partial charge on any atom is 0.217 e. The molecule has 0 radical (unpaired) electrons. The predicted octanol–water partition coefficient (Wildman–Crippen LogP) is 2.66. The maximum atomic E-state index is 10.8. The number of aliphatic hydroxyl groups excluding tert-OH is 1. The lowest BCUT2D eigenvalue weighted by molar-refractivity contribution is -0.118. The molecule has 5 heteroatoms. The highest BCUT2D eigenvalue weighted by Crippen LogP contribution is 2.30. The van der Waals surface area contributed by atoms with Gasteiger partial charge in [-0.15, -0.1) is 0 Å². The summed E-state index contributed by atoms with van der Waals surface area (Å²) < 4.78 is 5.76. The van der Waals surface area contributed by atoms with Gasteiger partial charge in [0.2, 0.25) is 5.91 Å². The minimum absolute atomic E-state index is 0.0250. The topological polar surface area (TPSA) is 72.6 Å².